The molecule has 2 rings (SSSR count). The minimum atomic E-state index is 0.247. The van der Waals surface area contributed by atoms with Crippen LogP contribution >= 0.6 is 15.9 Å². The highest BCUT2D eigenvalue weighted by Gasteiger charge is 1.99. The van der Waals surface area contributed by atoms with Gasteiger partial charge in [0.2, 0.25) is 0 Å². The van der Waals surface area contributed by atoms with Crippen molar-refractivity contribution in [2.75, 3.05) is 6.61 Å². The van der Waals surface area contributed by atoms with Gasteiger partial charge in [-0.05, 0) is 47.9 Å². The maximum Gasteiger partial charge on any atom is 0.119 e. The van der Waals surface area contributed by atoms with Gasteiger partial charge in [0, 0.05) is 10.9 Å². The number of nitrogens with one attached hydrogen (secondary N) is 1. The van der Waals surface area contributed by atoms with E-state index >= 15 is 0 Å². The van der Waals surface area contributed by atoms with Crippen molar-refractivity contribution in [2.24, 2.45) is 5.73 Å². The third-order valence-electron chi connectivity index (χ3n) is 2.88. The molecule has 3 N–H and O–H groups in total. The molecule has 0 aliphatic heterocycles. The van der Waals surface area contributed by atoms with Crippen LogP contribution in [-0.4, -0.2) is 12.4 Å². The van der Waals surface area contributed by atoms with Gasteiger partial charge in [-0.15, -0.1) is 0 Å². The van der Waals surface area contributed by atoms with Crippen molar-refractivity contribution < 1.29 is 4.74 Å². The van der Waals surface area contributed by atoms with E-state index < -0.39 is 0 Å². The molecule has 4 heteroatoms. The third kappa shape index (κ3) is 4.24. The maximum absolute atomic E-state index is 7.13. The summed E-state index contributed by atoms with van der Waals surface area (Å²) in [6.07, 6.45) is 2.46. The number of benzene rings is 2. The predicted molar refractivity (Wildman–Crippen MR) is 82.9 cm³/mol. The summed E-state index contributed by atoms with van der Waals surface area (Å²) >= 11 is 3.46. The maximum atomic E-state index is 7.13. The molecule has 0 spiro atoms. The minimum Gasteiger partial charge on any atom is -0.494 e. The second-order valence-corrected chi connectivity index (χ2v) is 5.40. The molecule has 0 heterocycles. The SMILES string of the molecule is N=C(N)CCCCOc1ccc2cc(Br)ccc2c1. The number of hydrogen-bond donors (Lipinski definition) is 2. The zero-order valence-electron chi connectivity index (χ0n) is 10.7. The van der Waals surface area contributed by atoms with E-state index in [1.54, 1.807) is 0 Å². The highest BCUT2D eigenvalue weighted by molar-refractivity contribution is 9.10. The molecule has 0 saturated carbocycles. The van der Waals surface area contributed by atoms with Crippen molar-refractivity contribution in [2.45, 2.75) is 19.3 Å². The van der Waals surface area contributed by atoms with Crippen molar-refractivity contribution in [3.63, 3.8) is 0 Å². The molecule has 0 aliphatic rings. The predicted octanol–water partition coefficient (Wildman–Crippen LogP) is 4.09. The standard InChI is InChI=1S/C15H17BrN2O/c16-13-6-4-12-10-14(7-5-11(12)9-13)19-8-2-1-3-15(17)18/h4-7,9-10H,1-3,8H2,(H3,17,18). The monoisotopic (exact) mass is 320 g/mol. The Hall–Kier alpha value is -1.55. The third-order valence-corrected chi connectivity index (χ3v) is 3.38. The number of rotatable bonds is 6. The first-order chi connectivity index (χ1) is 9.15. The van der Waals surface area contributed by atoms with Crippen molar-refractivity contribution in [1.29, 1.82) is 5.41 Å². The van der Waals surface area contributed by atoms with Gasteiger partial charge in [-0.2, -0.15) is 0 Å². The Labute approximate surface area is 121 Å². The number of amidine groups is 1. The smallest absolute Gasteiger partial charge is 0.119 e. The van der Waals surface area contributed by atoms with E-state index in [1.165, 1.54) is 10.8 Å². The molecule has 0 saturated heterocycles. The largest absolute Gasteiger partial charge is 0.494 e. The summed E-state index contributed by atoms with van der Waals surface area (Å²) in [6, 6.07) is 12.3. The molecule has 2 aromatic carbocycles. The van der Waals surface area contributed by atoms with Crippen molar-refractivity contribution in [1.82, 2.24) is 0 Å². The van der Waals surface area contributed by atoms with Crippen LogP contribution in [0.15, 0.2) is 40.9 Å². The average molecular weight is 321 g/mol. The summed E-state index contributed by atoms with van der Waals surface area (Å²) in [4.78, 5) is 0. The Morgan fingerprint density at radius 1 is 1.11 bits per heavy atom. The quantitative estimate of drug-likeness (QED) is 0.478. The molecule has 0 amide bonds. The minimum absolute atomic E-state index is 0.247. The van der Waals surface area contributed by atoms with E-state index in [2.05, 4.69) is 34.1 Å². The first-order valence-corrected chi connectivity index (χ1v) is 7.09. The van der Waals surface area contributed by atoms with Crippen molar-refractivity contribution >= 4 is 32.5 Å². The van der Waals surface area contributed by atoms with E-state index in [4.69, 9.17) is 15.9 Å². The van der Waals surface area contributed by atoms with E-state index in [0.717, 1.165) is 23.1 Å². The lowest BCUT2D eigenvalue weighted by atomic mass is 10.1. The van der Waals surface area contributed by atoms with Crippen LogP contribution in [0.5, 0.6) is 5.75 Å². The summed E-state index contributed by atoms with van der Waals surface area (Å²) in [5.41, 5.74) is 5.30. The molecule has 0 atom stereocenters. The van der Waals surface area contributed by atoms with E-state index in [-0.39, 0.29) is 5.84 Å². The van der Waals surface area contributed by atoms with Gasteiger partial charge in [-0.3, -0.25) is 5.41 Å². The molecule has 3 nitrogen and oxygen atoms in total. The molecular weight excluding hydrogens is 304 g/mol. The van der Waals surface area contributed by atoms with Gasteiger partial charge < -0.3 is 10.5 Å². The summed E-state index contributed by atoms with van der Waals surface area (Å²) in [5, 5.41) is 9.50. The van der Waals surface area contributed by atoms with Crippen LogP contribution in [0.3, 0.4) is 0 Å². The Kier molecular flexibility index (Phi) is 4.80. The van der Waals surface area contributed by atoms with Gasteiger partial charge in [0.15, 0.2) is 0 Å². The van der Waals surface area contributed by atoms with Crippen LogP contribution < -0.4 is 10.5 Å². The summed E-state index contributed by atoms with van der Waals surface area (Å²) in [7, 11) is 0. The fraction of sp³-hybridized carbons (Fsp3) is 0.267. The van der Waals surface area contributed by atoms with Gasteiger partial charge >= 0.3 is 0 Å². The lowest BCUT2D eigenvalue weighted by molar-refractivity contribution is 0.308. The lowest BCUT2D eigenvalue weighted by Gasteiger charge is -2.07. The molecule has 0 aliphatic carbocycles. The number of nitrogens with two attached hydrogens (primary N) is 1. The average Bonchev–Trinajstić information content (AvgIpc) is 2.38. The topological polar surface area (TPSA) is 59.1 Å². The van der Waals surface area contributed by atoms with Crippen LogP contribution in [0.1, 0.15) is 19.3 Å². The highest BCUT2D eigenvalue weighted by Crippen LogP contribution is 2.24. The van der Waals surface area contributed by atoms with E-state index in [9.17, 15) is 0 Å². The summed E-state index contributed by atoms with van der Waals surface area (Å²) in [5.74, 6) is 1.13. The fourth-order valence-corrected chi connectivity index (χ4v) is 2.27. The van der Waals surface area contributed by atoms with Crippen LogP contribution in [0.2, 0.25) is 0 Å². The Morgan fingerprint density at radius 2 is 1.84 bits per heavy atom. The van der Waals surface area contributed by atoms with Gasteiger partial charge in [-0.1, -0.05) is 28.1 Å². The second kappa shape index (κ2) is 6.57. The zero-order chi connectivity index (χ0) is 13.7. The first-order valence-electron chi connectivity index (χ1n) is 6.30. The van der Waals surface area contributed by atoms with Crippen molar-refractivity contribution in [3.8, 4) is 5.75 Å². The van der Waals surface area contributed by atoms with Crippen LogP contribution in [0.4, 0.5) is 0 Å². The van der Waals surface area contributed by atoms with Gasteiger partial charge in [0.1, 0.15) is 5.75 Å². The molecule has 2 aromatic rings. The number of halogens is 1. The van der Waals surface area contributed by atoms with Gasteiger partial charge in [0.25, 0.3) is 0 Å². The normalized spacial score (nSPS) is 10.6. The Bertz CT molecular complexity index is 583. The Morgan fingerprint density at radius 3 is 2.63 bits per heavy atom. The van der Waals surface area contributed by atoms with Crippen LogP contribution in [-0.2, 0) is 0 Å². The molecule has 0 unspecified atom stereocenters. The first kappa shape index (κ1) is 13.9. The Balaban J connectivity index is 1.91. The number of hydrogen-bond acceptors (Lipinski definition) is 2. The molecule has 0 bridgehead atoms. The highest BCUT2D eigenvalue weighted by atomic mass is 79.9. The van der Waals surface area contributed by atoms with Gasteiger partial charge in [0.05, 0.1) is 12.4 Å². The molecule has 19 heavy (non-hydrogen) atoms. The number of unbranched alkanes of at least 4 members (excludes halogenated alkanes) is 1. The van der Waals surface area contributed by atoms with E-state index in [0.29, 0.717) is 13.0 Å². The van der Waals surface area contributed by atoms with Crippen LogP contribution in [0.25, 0.3) is 10.8 Å². The summed E-state index contributed by atoms with van der Waals surface area (Å²) in [6.45, 7) is 0.662. The summed E-state index contributed by atoms with van der Waals surface area (Å²) < 4.78 is 6.78. The zero-order valence-corrected chi connectivity index (χ0v) is 12.2. The second-order valence-electron chi connectivity index (χ2n) is 4.48. The molecule has 100 valence electrons. The van der Waals surface area contributed by atoms with Crippen LogP contribution in [0, 0.1) is 5.41 Å². The molecular formula is C15H17BrN2O. The number of fused-ring (bicyclic) bond motifs is 1. The number of ether oxygens (including phenoxy) is 1. The molecule has 0 aromatic heterocycles. The fourth-order valence-electron chi connectivity index (χ4n) is 1.89. The lowest BCUT2D eigenvalue weighted by Crippen LogP contribution is -2.09. The molecule has 0 fully saturated rings. The molecule has 0 radical (unpaired) electrons. The van der Waals surface area contributed by atoms with Gasteiger partial charge in [-0.25, -0.2) is 0 Å². The van der Waals surface area contributed by atoms with Crippen molar-refractivity contribution in [3.05, 3.63) is 40.9 Å². The van der Waals surface area contributed by atoms with E-state index in [1.807, 2.05) is 18.2 Å².